The summed E-state index contributed by atoms with van der Waals surface area (Å²) in [5.74, 6) is 2.12. The smallest absolute Gasteiger partial charge is 0.302 e. The zero-order valence-electron chi connectivity index (χ0n) is 20.0. The number of fused-ring (bicyclic) bond motifs is 5. The second kappa shape index (κ2) is 8.56. The summed E-state index contributed by atoms with van der Waals surface area (Å²) in [6, 6.07) is 4.30. The van der Waals surface area contributed by atoms with Gasteiger partial charge in [-0.15, -0.1) is 0 Å². The highest BCUT2D eigenvalue weighted by atomic mass is 16.5. The Morgan fingerprint density at radius 2 is 1.84 bits per heavy atom. The Morgan fingerprint density at radius 1 is 1.06 bits per heavy atom. The van der Waals surface area contributed by atoms with Crippen LogP contribution in [0.3, 0.4) is 0 Å². The predicted molar refractivity (Wildman–Crippen MR) is 126 cm³/mol. The highest BCUT2D eigenvalue weighted by Crippen LogP contribution is 2.66. The lowest BCUT2D eigenvalue weighted by Gasteiger charge is -2.57. The van der Waals surface area contributed by atoms with Crippen molar-refractivity contribution in [3.8, 4) is 0 Å². The van der Waals surface area contributed by atoms with Crippen LogP contribution in [0.1, 0.15) is 85.1 Å². The maximum atomic E-state index is 11.4. The first-order valence-corrected chi connectivity index (χ1v) is 12.4. The summed E-state index contributed by atoms with van der Waals surface area (Å²) in [5.41, 5.74) is 4.99. The minimum atomic E-state index is -0.138. The monoisotopic (exact) mass is 421 g/mol. The predicted octanol–water partition coefficient (Wildman–Crippen LogP) is 7.00. The molecule has 0 amide bonds. The molecule has 2 fully saturated rings. The van der Waals surface area contributed by atoms with Crippen molar-refractivity contribution in [3.63, 3.8) is 0 Å². The summed E-state index contributed by atoms with van der Waals surface area (Å²) in [6.45, 7) is 10.6. The van der Waals surface area contributed by atoms with Gasteiger partial charge in [0.2, 0.25) is 0 Å². The number of ether oxygens (including phenoxy) is 1. The summed E-state index contributed by atoms with van der Waals surface area (Å²) in [6.07, 6.45) is 17.1. The Morgan fingerprint density at radius 3 is 2.55 bits per heavy atom. The molecule has 6 unspecified atom stereocenters. The normalized spacial score (nSPS) is 38.4. The van der Waals surface area contributed by atoms with Crippen molar-refractivity contribution in [3.05, 3.63) is 47.8 Å². The van der Waals surface area contributed by atoms with Crippen LogP contribution < -0.4 is 0 Å². The summed E-state index contributed by atoms with van der Waals surface area (Å²) in [4.78, 5) is 15.8. The summed E-state index contributed by atoms with van der Waals surface area (Å²) >= 11 is 0. The van der Waals surface area contributed by atoms with Gasteiger partial charge in [-0.25, -0.2) is 0 Å². The fourth-order valence-electron chi connectivity index (χ4n) is 7.50. The fraction of sp³-hybridized carbons (Fsp3) is 0.643. The lowest BCUT2D eigenvalue weighted by Crippen LogP contribution is -2.50. The lowest BCUT2D eigenvalue weighted by atomic mass is 9.47. The van der Waals surface area contributed by atoms with Crippen molar-refractivity contribution in [2.24, 2.45) is 28.6 Å². The molecule has 3 nitrogen and oxygen atoms in total. The second-order valence-corrected chi connectivity index (χ2v) is 10.3. The van der Waals surface area contributed by atoms with Crippen LogP contribution in [-0.4, -0.2) is 17.1 Å². The number of rotatable bonds is 2. The molecule has 0 aliphatic heterocycles. The third-order valence-corrected chi connectivity index (χ3v) is 8.94. The number of pyridine rings is 1. The van der Waals surface area contributed by atoms with Crippen LogP contribution in [0.4, 0.5) is 0 Å². The molecule has 4 aliphatic carbocycles. The van der Waals surface area contributed by atoms with E-state index >= 15 is 0 Å². The van der Waals surface area contributed by atoms with Crippen molar-refractivity contribution in [2.75, 3.05) is 0 Å². The van der Waals surface area contributed by atoms with E-state index in [4.69, 9.17) is 4.74 Å². The average Bonchev–Trinajstić information content (AvgIpc) is 3.13. The van der Waals surface area contributed by atoms with Crippen molar-refractivity contribution in [1.82, 2.24) is 4.98 Å². The molecule has 6 atom stereocenters. The Bertz CT molecular complexity index is 872. The van der Waals surface area contributed by atoms with Crippen LogP contribution in [0, 0.1) is 28.6 Å². The van der Waals surface area contributed by atoms with E-state index in [0.717, 1.165) is 37.0 Å². The largest absolute Gasteiger partial charge is 0.462 e. The molecule has 0 radical (unpaired) electrons. The first-order valence-electron chi connectivity index (χ1n) is 12.4. The van der Waals surface area contributed by atoms with Gasteiger partial charge in [-0.1, -0.05) is 51.5 Å². The molecule has 0 aromatic carbocycles. The third kappa shape index (κ3) is 3.68. The molecule has 5 rings (SSSR count). The number of hydrogen-bond donors (Lipinski definition) is 0. The SMILES string of the molecule is CC.CC(=O)OC1CCC2(C)C(=CCC3C2CCC2(C)C(c4cccnc4)=CCC32)C1. The minimum absolute atomic E-state index is 0.0857. The number of aromatic nitrogens is 1. The molecule has 1 aromatic heterocycles. The molecular weight excluding hydrogens is 382 g/mol. The van der Waals surface area contributed by atoms with Crippen LogP contribution in [0.5, 0.6) is 0 Å². The van der Waals surface area contributed by atoms with Gasteiger partial charge in [-0.2, -0.15) is 0 Å². The molecule has 168 valence electrons. The number of nitrogens with zero attached hydrogens (tertiary/aromatic N) is 1. The summed E-state index contributed by atoms with van der Waals surface area (Å²) in [5, 5.41) is 0. The first-order chi connectivity index (χ1) is 14.9. The molecule has 0 N–H and O–H groups in total. The number of esters is 1. The van der Waals surface area contributed by atoms with Crippen LogP contribution >= 0.6 is 0 Å². The Kier molecular flexibility index (Phi) is 6.16. The Labute approximate surface area is 188 Å². The second-order valence-electron chi connectivity index (χ2n) is 10.3. The highest BCUT2D eigenvalue weighted by Gasteiger charge is 2.56. The van der Waals surface area contributed by atoms with Gasteiger partial charge in [0.05, 0.1) is 0 Å². The number of carbonyl (C=O) groups is 1. The molecule has 0 spiro atoms. The van der Waals surface area contributed by atoms with E-state index in [-0.39, 0.29) is 22.9 Å². The molecule has 31 heavy (non-hydrogen) atoms. The molecule has 0 bridgehead atoms. The summed E-state index contributed by atoms with van der Waals surface area (Å²) in [7, 11) is 0. The van der Waals surface area contributed by atoms with E-state index < -0.39 is 0 Å². The Balaban J connectivity index is 0.00000112. The van der Waals surface area contributed by atoms with E-state index in [1.807, 2.05) is 26.2 Å². The minimum Gasteiger partial charge on any atom is -0.462 e. The fourth-order valence-corrected chi connectivity index (χ4v) is 7.50. The molecular formula is C28H39NO2. The van der Waals surface area contributed by atoms with E-state index in [2.05, 4.69) is 43.1 Å². The zero-order chi connectivity index (χ0) is 22.2. The van der Waals surface area contributed by atoms with Gasteiger partial charge in [0, 0.05) is 25.7 Å². The standard InChI is InChI=1S/C26H33NO2.C2H6/c1-17(28)29-20-10-12-25(2)19(15-20)6-7-21-23-9-8-22(18-5-4-14-27-16-18)26(23,3)13-11-24(21)25;1-2/h4-6,8,14,16,20-21,23-24H,7,9-13,15H2,1-3H3;1-2H3. The van der Waals surface area contributed by atoms with Gasteiger partial charge >= 0.3 is 5.97 Å². The van der Waals surface area contributed by atoms with Gasteiger partial charge in [0.25, 0.3) is 0 Å². The number of hydrogen-bond acceptors (Lipinski definition) is 3. The lowest BCUT2D eigenvalue weighted by molar-refractivity contribution is -0.148. The molecule has 4 aliphatic rings. The Hall–Kier alpha value is -1.90. The van der Waals surface area contributed by atoms with Gasteiger partial charge < -0.3 is 4.74 Å². The molecule has 1 aromatic rings. The molecule has 0 saturated heterocycles. The van der Waals surface area contributed by atoms with Crippen molar-refractivity contribution >= 4 is 11.5 Å². The van der Waals surface area contributed by atoms with Gasteiger partial charge in [0.1, 0.15) is 6.10 Å². The van der Waals surface area contributed by atoms with Gasteiger partial charge in [-0.05, 0) is 84.3 Å². The quantitative estimate of drug-likeness (QED) is 0.381. The van der Waals surface area contributed by atoms with Crippen LogP contribution in [0.25, 0.3) is 5.57 Å². The van der Waals surface area contributed by atoms with Gasteiger partial charge in [0.15, 0.2) is 0 Å². The number of carbonyl (C=O) groups excluding carboxylic acids is 1. The highest BCUT2D eigenvalue weighted by molar-refractivity contribution is 5.72. The molecule has 3 heteroatoms. The third-order valence-electron chi connectivity index (χ3n) is 8.94. The van der Waals surface area contributed by atoms with E-state index in [1.54, 1.807) is 5.57 Å². The molecule has 2 saturated carbocycles. The molecule has 1 heterocycles. The zero-order valence-corrected chi connectivity index (χ0v) is 20.0. The van der Waals surface area contributed by atoms with E-state index in [0.29, 0.717) is 0 Å². The van der Waals surface area contributed by atoms with Crippen molar-refractivity contribution < 1.29 is 9.53 Å². The maximum absolute atomic E-state index is 11.4. The average molecular weight is 422 g/mol. The van der Waals surface area contributed by atoms with Crippen LogP contribution in [0.15, 0.2) is 42.3 Å². The van der Waals surface area contributed by atoms with Crippen molar-refractivity contribution in [1.29, 1.82) is 0 Å². The van der Waals surface area contributed by atoms with E-state index in [1.165, 1.54) is 43.7 Å². The van der Waals surface area contributed by atoms with E-state index in [9.17, 15) is 4.79 Å². The van der Waals surface area contributed by atoms with Crippen LogP contribution in [0.2, 0.25) is 0 Å². The summed E-state index contributed by atoms with van der Waals surface area (Å²) < 4.78 is 5.58. The van der Waals surface area contributed by atoms with Crippen molar-refractivity contribution in [2.45, 2.75) is 85.7 Å². The van der Waals surface area contributed by atoms with Gasteiger partial charge in [-0.3, -0.25) is 9.78 Å². The maximum Gasteiger partial charge on any atom is 0.302 e. The van der Waals surface area contributed by atoms with Crippen LogP contribution in [-0.2, 0) is 9.53 Å². The topological polar surface area (TPSA) is 39.2 Å². The first kappa shape index (κ1) is 22.3. The number of allylic oxidation sites excluding steroid dienone is 3.